The number of hydrogen-bond acceptors (Lipinski definition) is 3. The molecule has 1 aromatic carbocycles. The number of aliphatic hydroxyl groups excluding tert-OH is 1. The van der Waals surface area contributed by atoms with Gasteiger partial charge in [0.05, 0.1) is 11.2 Å². The van der Waals surface area contributed by atoms with Gasteiger partial charge >= 0.3 is 0 Å². The highest BCUT2D eigenvalue weighted by atomic mass is 35.5. The molecule has 0 aliphatic carbocycles. The van der Waals surface area contributed by atoms with Crippen molar-refractivity contribution in [3.63, 3.8) is 0 Å². The maximum atomic E-state index is 10.2. The van der Waals surface area contributed by atoms with E-state index in [1.165, 1.54) is 4.90 Å². The van der Waals surface area contributed by atoms with Gasteiger partial charge in [-0.25, -0.2) is 4.98 Å². The third-order valence-electron chi connectivity index (χ3n) is 4.30. The summed E-state index contributed by atoms with van der Waals surface area (Å²) in [5.41, 5.74) is 0. The third-order valence-corrected chi connectivity index (χ3v) is 4.61. The standard InChI is InChI=1S/C18H22ClN3O2/c19-16-5-1-2-6-17(16)24-14-15(23)13-21-9-11-22(12-10-21)18-7-3-4-8-20-18/h1-8,15,23H,9-14H2/p+2/t15-/m1/s1. The number of para-hydroxylation sites is 1. The van der Waals surface area contributed by atoms with Crippen LogP contribution in [0.5, 0.6) is 5.75 Å². The Balaban J connectivity index is 1.42. The Morgan fingerprint density at radius 3 is 2.62 bits per heavy atom. The zero-order valence-electron chi connectivity index (χ0n) is 13.6. The summed E-state index contributed by atoms with van der Waals surface area (Å²) in [5, 5.41) is 10.8. The Kier molecular flexibility index (Phi) is 5.91. The summed E-state index contributed by atoms with van der Waals surface area (Å²) in [7, 11) is 0. The second-order valence-electron chi connectivity index (χ2n) is 6.08. The first kappa shape index (κ1) is 17.0. The van der Waals surface area contributed by atoms with Crippen LogP contribution in [-0.2, 0) is 0 Å². The summed E-state index contributed by atoms with van der Waals surface area (Å²) < 4.78 is 5.62. The monoisotopic (exact) mass is 349 g/mol. The van der Waals surface area contributed by atoms with Crippen LogP contribution < -0.4 is 19.5 Å². The van der Waals surface area contributed by atoms with Crippen molar-refractivity contribution < 1.29 is 19.7 Å². The average Bonchev–Trinajstić information content (AvgIpc) is 2.62. The van der Waals surface area contributed by atoms with Crippen LogP contribution in [-0.4, -0.2) is 50.5 Å². The van der Waals surface area contributed by atoms with E-state index < -0.39 is 6.10 Å². The lowest BCUT2D eigenvalue weighted by molar-refractivity contribution is -0.903. The van der Waals surface area contributed by atoms with Gasteiger partial charge in [-0.2, -0.15) is 0 Å². The molecule has 1 aliphatic heterocycles. The fourth-order valence-corrected chi connectivity index (χ4v) is 3.18. The molecular formula is C18H24ClN3O2+2. The van der Waals surface area contributed by atoms with Gasteiger partial charge in [-0.3, -0.25) is 4.90 Å². The number of benzene rings is 1. The summed E-state index contributed by atoms with van der Waals surface area (Å²) in [6, 6.07) is 13.5. The molecule has 24 heavy (non-hydrogen) atoms. The molecule has 1 fully saturated rings. The van der Waals surface area contributed by atoms with Crippen molar-refractivity contribution in [2.24, 2.45) is 0 Å². The highest BCUT2D eigenvalue weighted by Gasteiger charge is 2.27. The van der Waals surface area contributed by atoms with E-state index in [4.69, 9.17) is 16.3 Å². The molecule has 1 atom stereocenters. The summed E-state index contributed by atoms with van der Waals surface area (Å²) in [5.74, 6) is 1.77. The van der Waals surface area contributed by atoms with E-state index >= 15 is 0 Å². The molecule has 6 heteroatoms. The fourth-order valence-electron chi connectivity index (χ4n) is 2.99. The molecule has 128 valence electrons. The van der Waals surface area contributed by atoms with Gasteiger partial charge in [0.2, 0.25) is 0 Å². The number of pyridine rings is 1. The SMILES string of the molecule is O[C@@H](COc1ccccc1Cl)C[NH+]1CCN(c2cccc[nH+]2)CC1. The Hall–Kier alpha value is -1.82. The van der Waals surface area contributed by atoms with E-state index in [9.17, 15) is 5.11 Å². The molecular weight excluding hydrogens is 326 g/mol. The van der Waals surface area contributed by atoms with E-state index in [-0.39, 0.29) is 6.61 Å². The molecule has 0 unspecified atom stereocenters. The van der Waals surface area contributed by atoms with Crippen molar-refractivity contribution in [3.05, 3.63) is 53.7 Å². The molecule has 1 aromatic heterocycles. The largest absolute Gasteiger partial charge is 0.489 e. The topological polar surface area (TPSA) is 51.3 Å². The molecule has 1 aliphatic rings. The van der Waals surface area contributed by atoms with Crippen LogP contribution in [0.2, 0.25) is 5.02 Å². The Morgan fingerprint density at radius 1 is 1.17 bits per heavy atom. The molecule has 0 amide bonds. The first-order chi connectivity index (χ1) is 11.7. The van der Waals surface area contributed by atoms with Gasteiger partial charge in [-0.15, -0.1) is 0 Å². The zero-order valence-corrected chi connectivity index (χ0v) is 14.4. The number of aromatic amines is 1. The summed E-state index contributed by atoms with van der Waals surface area (Å²) in [4.78, 5) is 7.02. The highest BCUT2D eigenvalue weighted by molar-refractivity contribution is 6.32. The molecule has 2 heterocycles. The zero-order chi connectivity index (χ0) is 16.8. The smallest absolute Gasteiger partial charge is 0.274 e. The molecule has 1 saturated heterocycles. The minimum Gasteiger partial charge on any atom is -0.489 e. The van der Waals surface area contributed by atoms with Crippen molar-refractivity contribution in [2.45, 2.75) is 6.10 Å². The predicted octanol–water partition coefficient (Wildman–Crippen LogP) is 0.299. The van der Waals surface area contributed by atoms with Gasteiger partial charge in [0.25, 0.3) is 5.82 Å². The maximum absolute atomic E-state index is 10.2. The summed E-state index contributed by atoms with van der Waals surface area (Å²) >= 11 is 6.05. The number of hydrogen-bond donors (Lipinski definition) is 2. The fraction of sp³-hybridized carbons (Fsp3) is 0.389. The number of ether oxygens (including phenoxy) is 1. The number of piperazine rings is 1. The first-order valence-corrected chi connectivity index (χ1v) is 8.71. The van der Waals surface area contributed by atoms with Gasteiger partial charge in [-0.05, 0) is 18.2 Å². The summed E-state index contributed by atoms with van der Waals surface area (Å²) in [6.45, 7) is 4.93. The lowest BCUT2D eigenvalue weighted by Gasteiger charge is -2.29. The summed E-state index contributed by atoms with van der Waals surface area (Å²) in [6.07, 6.45) is 1.45. The number of anilines is 1. The average molecular weight is 350 g/mol. The van der Waals surface area contributed by atoms with Crippen LogP contribution in [0, 0.1) is 0 Å². The van der Waals surface area contributed by atoms with Crippen LogP contribution in [0.15, 0.2) is 48.7 Å². The van der Waals surface area contributed by atoms with Crippen LogP contribution in [0.4, 0.5) is 5.82 Å². The number of halogens is 1. The number of nitrogens with zero attached hydrogens (tertiary/aromatic N) is 1. The predicted molar refractivity (Wildman–Crippen MR) is 93.7 cm³/mol. The Bertz CT molecular complexity index is 633. The normalized spacial score (nSPS) is 16.8. The molecule has 5 nitrogen and oxygen atoms in total. The van der Waals surface area contributed by atoms with Crippen molar-refractivity contribution in [3.8, 4) is 5.75 Å². The van der Waals surface area contributed by atoms with Crippen molar-refractivity contribution in [2.75, 3.05) is 44.2 Å². The quantitative estimate of drug-likeness (QED) is 0.788. The van der Waals surface area contributed by atoms with Crippen molar-refractivity contribution in [1.29, 1.82) is 0 Å². The Morgan fingerprint density at radius 2 is 1.92 bits per heavy atom. The highest BCUT2D eigenvalue weighted by Crippen LogP contribution is 2.22. The Labute approximate surface area is 147 Å². The minimum atomic E-state index is -0.494. The lowest BCUT2D eigenvalue weighted by atomic mass is 10.2. The first-order valence-electron chi connectivity index (χ1n) is 8.33. The van der Waals surface area contributed by atoms with Crippen LogP contribution in [0.3, 0.4) is 0 Å². The van der Waals surface area contributed by atoms with Crippen LogP contribution in [0.25, 0.3) is 0 Å². The molecule has 3 rings (SSSR count). The minimum absolute atomic E-state index is 0.267. The van der Waals surface area contributed by atoms with Crippen LogP contribution in [0.1, 0.15) is 0 Å². The van der Waals surface area contributed by atoms with E-state index in [2.05, 4.69) is 16.0 Å². The number of nitrogens with one attached hydrogen (secondary N) is 2. The van der Waals surface area contributed by atoms with Crippen molar-refractivity contribution in [1.82, 2.24) is 0 Å². The van der Waals surface area contributed by atoms with Gasteiger partial charge in [0.15, 0.2) is 0 Å². The molecule has 0 radical (unpaired) electrons. The number of aliphatic hydroxyl groups is 1. The molecule has 2 aromatic rings. The molecule has 3 N–H and O–H groups in total. The number of aromatic nitrogens is 1. The van der Waals surface area contributed by atoms with E-state index in [0.717, 1.165) is 32.0 Å². The van der Waals surface area contributed by atoms with Gasteiger partial charge < -0.3 is 14.7 Å². The van der Waals surface area contributed by atoms with E-state index in [1.54, 1.807) is 6.07 Å². The second-order valence-corrected chi connectivity index (χ2v) is 6.49. The van der Waals surface area contributed by atoms with Crippen LogP contribution >= 0.6 is 11.6 Å². The molecule has 0 bridgehead atoms. The lowest BCUT2D eigenvalue weighted by Crippen LogP contribution is -3.16. The third kappa shape index (κ3) is 4.60. The van der Waals surface area contributed by atoms with Gasteiger partial charge in [0.1, 0.15) is 51.2 Å². The van der Waals surface area contributed by atoms with Gasteiger partial charge in [0, 0.05) is 6.07 Å². The van der Waals surface area contributed by atoms with E-state index in [1.807, 2.05) is 36.5 Å². The second kappa shape index (κ2) is 8.33. The number of quaternary nitrogens is 1. The van der Waals surface area contributed by atoms with Crippen molar-refractivity contribution >= 4 is 17.4 Å². The molecule has 0 spiro atoms. The maximum Gasteiger partial charge on any atom is 0.274 e. The van der Waals surface area contributed by atoms with E-state index in [0.29, 0.717) is 17.3 Å². The molecule has 0 saturated carbocycles. The number of rotatable bonds is 6. The number of H-pyrrole nitrogens is 1. The van der Waals surface area contributed by atoms with Gasteiger partial charge in [-0.1, -0.05) is 29.8 Å².